The van der Waals surface area contributed by atoms with E-state index in [0.717, 1.165) is 35.1 Å². The first-order chi connectivity index (χ1) is 15.0. The van der Waals surface area contributed by atoms with E-state index in [1.807, 2.05) is 42.5 Å². The number of methoxy groups -OCH3 is 1. The summed E-state index contributed by atoms with van der Waals surface area (Å²) >= 11 is 6.70. The number of carbonyl (C=O) groups is 3. The van der Waals surface area contributed by atoms with Gasteiger partial charge in [0.25, 0.3) is 0 Å². The van der Waals surface area contributed by atoms with Crippen LogP contribution >= 0.6 is 11.6 Å². The van der Waals surface area contributed by atoms with Gasteiger partial charge in [-0.05, 0) is 36.0 Å². The lowest BCUT2D eigenvalue weighted by Crippen LogP contribution is -2.43. The predicted octanol–water partition coefficient (Wildman–Crippen LogP) is 4.01. The number of hydrogen-bond acceptors (Lipinski definition) is 4. The van der Waals surface area contributed by atoms with Gasteiger partial charge in [-0.15, -0.1) is 0 Å². The molecule has 2 aliphatic rings. The van der Waals surface area contributed by atoms with Crippen molar-refractivity contribution in [1.29, 1.82) is 0 Å². The van der Waals surface area contributed by atoms with E-state index < -0.39 is 5.92 Å². The van der Waals surface area contributed by atoms with Crippen LogP contribution in [0.3, 0.4) is 0 Å². The molecule has 7 heteroatoms. The number of rotatable bonds is 5. The lowest BCUT2D eigenvalue weighted by Gasteiger charge is -2.34. The average molecular weight is 441 g/mol. The van der Waals surface area contributed by atoms with Crippen molar-refractivity contribution >= 4 is 29.3 Å². The largest absolute Gasteiger partial charge is 0.362 e. The van der Waals surface area contributed by atoms with E-state index in [4.69, 9.17) is 16.3 Å². The minimum Gasteiger partial charge on any atom is -0.362 e. The number of ether oxygens (including phenoxy) is 1. The lowest BCUT2D eigenvalue weighted by molar-refractivity contribution is -0.151. The van der Waals surface area contributed by atoms with Crippen LogP contribution in [0.1, 0.15) is 49.1 Å². The van der Waals surface area contributed by atoms with Gasteiger partial charge in [0.15, 0.2) is 0 Å². The number of benzene rings is 2. The van der Waals surface area contributed by atoms with Crippen LogP contribution in [0.5, 0.6) is 0 Å². The van der Waals surface area contributed by atoms with Crippen LogP contribution in [0.25, 0.3) is 11.1 Å². The molecule has 2 aromatic carbocycles. The lowest BCUT2D eigenvalue weighted by atomic mass is 9.88. The molecule has 0 aromatic heterocycles. The molecule has 2 heterocycles. The summed E-state index contributed by atoms with van der Waals surface area (Å²) in [4.78, 5) is 37.8. The third-order valence-electron chi connectivity index (χ3n) is 6.04. The third-order valence-corrected chi connectivity index (χ3v) is 6.46. The fourth-order valence-electron chi connectivity index (χ4n) is 4.34. The standard InChI is InChI=1S/C24H25ClN2O4/c1-31-22-7-3-6-21(29)27(22)14-15-8-10-16(11-9-15)17-4-2-5-18(23(17)25)19-12-13-20(28)26-24(19)30/h2,4-5,8-11,19,22H,3,6-7,12-14H2,1H3,(H,26,28,30). The van der Waals surface area contributed by atoms with E-state index in [2.05, 4.69) is 5.32 Å². The molecule has 0 radical (unpaired) electrons. The van der Waals surface area contributed by atoms with Crippen molar-refractivity contribution in [2.75, 3.05) is 7.11 Å². The topological polar surface area (TPSA) is 75.7 Å². The number of imide groups is 1. The molecule has 0 aliphatic carbocycles. The minimum absolute atomic E-state index is 0.113. The van der Waals surface area contributed by atoms with E-state index >= 15 is 0 Å². The van der Waals surface area contributed by atoms with Gasteiger partial charge in [-0.1, -0.05) is 54.1 Å². The van der Waals surface area contributed by atoms with E-state index in [1.165, 1.54) is 0 Å². The highest BCUT2D eigenvalue weighted by Crippen LogP contribution is 2.37. The molecule has 2 unspecified atom stereocenters. The van der Waals surface area contributed by atoms with Gasteiger partial charge < -0.3 is 9.64 Å². The van der Waals surface area contributed by atoms with Gasteiger partial charge in [0.2, 0.25) is 17.7 Å². The Morgan fingerprint density at radius 3 is 2.55 bits per heavy atom. The summed E-state index contributed by atoms with van der Waals surface area (Å²) in [5.74, 6) is -0.862. The summed E-state index contributed by atoms with van der Waals surface area (Å²) < 4.78 is 5.48. The number of carbonyl (C=O) groups excluding carboxylic acids is 3. The zero-order valence-electron chi connectivity index (χ0n) is 17.4. The Kier molecular flexibility index (Phi) is 6.39. The van der Waals surface area contributed by atoms with Crippen LogP contribution in [-0.4, -0.2) is 36.0 Å². The van der Waals surface area contributed by atoms with Crippen LogP contribution < -0.4 is 5.32 Å². The quantitative estimate of drug-likeness (QED) is 0.712. The van der Waals surface area contributed by atoms with Crippen molar-refractivity contribution in [1.82, 2.24) is 10.2 Å². The minimum atomic E-state index is -0.430. The fraction of sp³-hybridized carbons (Fsp3) is 0.375. The van der Waals surface area contributed by atoms with E-state index in [9.17, 15) is 14.4 Å². The Hall–Kier alpha value is -2.70. The van der Waals surface area contributed by atoms with Crippen LogP contribution in [0.4, 0.5) is 0 Å². The molecule has 4 rings (SSSR count). The Morgan fingerprint density at radius 1 is 1.06 bits per heavy atom. The summed E-state index contributed by atoms with van der Waals surface area (Å²) in [5.41, 5.74) is 3.50. The van der Waals surface area contributed by atoms with Crippen LogP contribution in [0, 0.1) is 0 Å². The molecule has 6 nitrogen and oxygen atoms in total. The highest BCUT2D eigenvalue weighted by atomic mass is 35.5. The van der Waals surface area contributed by atoms with Crippen LogP contribution in [0.2, 0.25) is 5.02 Å². The first kappa shape index (κ1) is 21.5. The molecular weight excluding hydrogens is 416 g/mol. The van der Waals surface area contributed by atoms with Gasteiger partial charge in [-0.2, -0.15) is 0 Å². The smallest absolute Gasteiger partial charge is 0.234 e. The van der Waals surface area contributed by atoms with Crippen molar-refractivity contribution < 1.29 is 19.1 Å². The van der Waals surface area contributed by atoms with E-state index in [1.54, 1.807) is 12.0 Å². The number of nitrogens with zero attached hydrogens (tertiary/aromatic N) is 1. The monoisotopic (exact) mass is 440 g/mol. The number of amides is 3. The van der Waals surface area contributed by atoms with Gasteiger partial charge >= 0.3 is 0 Å². The molecule has 2 atom stereocenters. The van der Waals surface area contributed by atoms with Crippen molar-refractivity contribution in [3.05, 3.63) is 58.6 Å². The molecule has 31 heavy (non-hydrogen) atoms. The maximum Gasteiger partial charge on any atom is 0.234 e. The SMILES string of the molecule is COC1CCCC(=O)N1Cc1ccc(-c2cccc(C3CCC(=O)NC3=O)c2Cl)cc1. The molecule has 0 bridgehead atoms. The summed E-state index contributed by atoms with van der Waals surface area (Å²) in [6.07, 6.45) is 2.85. The normalized spacial score (nSPS) is 21.9. The number of hydrogen-bond donors (Lipinski definition) is 1. The van der Waals surface area contributed by atoms with Crippen molar-refractivity contribution in [3.63, 3.8) is 0 Å². The second kappa shape index (κ2) is 9.20. The maximum atomic E-state index is 12.3. The van der Waals surface area contributed by atoms with Crippen LogP contribution in [0.15, 0.2) is 42.5 Å². The second-order valence-corrected chi connectivity index (χ2v) is 8.39. The second-order valence-electron chi connectivity index (χ2n) is 8.01. The Balaban J connectivity index is 1.55. The van der Waals surface area contributed by atoms with E-state index in [0.29, 0.717) is 30.8 Å². The first-order valence-electron chi connectivity index (χ1n) is 10.5. The summed E-state index contributed by atoms with van der Waals surface area (Å²) in [7, 11) is 1.64. The van der Waals surface area contributed by atoms with Crippen LogP contribution in [-0.2, 0) is 25.7 Å². The molecule has 1 N–H and O–H groups in total. The molecule has 2 saturated heterocycles. The molecule has 2 aromatic rings. The number of piperidine rings is 2. The molecule has 3 amide bonds. The van der Waals surface area contributed by atoms with Crippen molar-refractivity contribution in [2.45, 2.75) is 50.8 Å². The highest BCUT2D eigenvalue weighted by molar-refractivity contribution is 6.34. The van der Waals surface area contributed by atoms with Crippen molar-refractivity contribution in [2.24, 2.45) is 0 Å². The van der Waals surface area contributed by atoms with Gasteiger partial charge in [0, 0.05) is 32.1 Å². The Labute approximate surface area is 186 Å². The summed E-state index contributed by atoms with van der Waals surface area (Å²) in [5, 5.41) is 2.92. The molecular formula is C24H25ClN2O4. The zero-order chi connectivity index (χ0) is 22.0. The van der Waals surface area contributed by atoms with Gasteiger partial charge in [0.05, 0.1) is 10.9 Å². The molecule has 162 valence electrons. The average Bonchev–Trinajstić information content (AvgIpc) is 2.76. The number of likely N-dealkylation sites (tertiary alicyclic amines) is 1. The van der Waals surface area contributed by atoms with E-state index in [-0.39, 0.29) is 23.9 Å². The summed E-state index contributed by atoms with van der Waals surface area (Å²) in [6.45, 7) is 0.502. The van der Waals surface area contributed by atoms with Gasteiger partial charge in [0.1, 0.15) is 6.23 Å². The molecule has 2 fully saturated rings. The maximum absolute atomic E-state index is 12.3. The summed E-state index contributed by atoms with van der Waals surface area (Å²) in [6, 6.07) is 13.6. The Morgan fingerprint density at radius 2 is 1.84 bits per heavy atom. The third kappa shape index (κ3) is 4.50. The molecule has 2 aliphatic heterocycles. The Bertz CT molecular complexity index is 1010. The molecule has 0 spiro atoms. The molecule has 0 saturated carbocycles. The number of halogens is 1. The zero-order valence-corrected chi connectivity index (χ0v) is 18.2. The number of nitrogens with one attached hydrogen (secondary N) is 1. The van der Waals surface area contributed by atoms with Crippen molar-refractivity contribution in [3.8, 4) is 11.1 Å². The highest BCUT2D eigenvalue weighted by Gasteiger charge is 2.30. The first-order valence-corrected chi connectivity index (χ1v) is 10.9. The van der Waals surface area contributed by atoms with Gasteiger partial charge in [-0.25, -0.2) is 0 Å². The van der Waals surface area contributed by atoms with Gasteiger partial charge in [-0.3, -0.25) is 19.7 Å². The fourth-order valence-corrected chi connectivity index (χ4v) is 4.71. The predicted molar refractivity (Wildman–Crippen MR) is 117 cm³/mol.